The van der Waals surface area contributed by atoms with E-state index in [-0.39, 0.29) is 24.9 Å². The summed E-state index contributed by atoms with van der Waals surface area (Å²) >= 11 is 0. The molecule has 1 atom stereocenters. The number of piperazine rings is 1. The van der Waals surface area contributed by atoms with E-state index in [9.17, 15) is 9.59 Å². The van der Waals surface area contributed by atoms with E-state index in [2.05, 4.69) is 27.8 Å². The number of carbonyl (C=O) groups excluding carboxylic acids is 2. The number of amides is 3. The molecule has 23 heavy (non-hydrogen) atoms. The molecule has 0 radical (unpaired) electrons. The van der Waals surface area contributed by atoms with Gasteiger partial charge in [0.2, 0.25) is 5.91 Å². The van der Waals surface area contributed by atoms with Crippen LogP contribution in [0.2, 0.25) is 0 Å². The van der Waals surface area contributed by atoms with E-state index in [4.69, 9.17) is 0 Å². The van der Waals surface area contributed by atoms with E-state index in [1.807, 2.05) is 32.0 Å². The quantitative estimate of drug-likeness (QED) is 0.782. The Morgan fingerprint density at radius 2 is 2.09 bits per heavy atom. The zero-order valence-electron chi connectivity index (χ0n) is 13.8. The highest BCUT2D eigenvalue weighted by atomic mass is 35.5. The third-order valence-corrected chi connectivity index (χ3v) is 4.09. The van der Waals surface area contributed by atoms with Gasteiger partial charge >= 0.3 is 6.03 Å². The van der Waals surface area contributed by atoms with Crippen molar-refractivity contribution in [2.24, 2.45) is 0 Å². The Morgan fingerprint density at radius 3 is 2.78 bits per heavy atom. The minimum atomic E-state index is -0.485. The van der Waals surface area contributed by atoms with Gasteiger partial charge in [0.05, 0.1) is 6.54 Å². The Balaban J connectivity index is 0.00000264. The molecule has 0 bridgehead atoms. The van der Waals surface area contributed by atoms with Gasteiger partial charge in [0.1, 0.15) is 0 Å². The molecule has 3 N–H and O–H groups in total. The highest BCUT2D eigenvalue weighted by molar-refractivity contribution is 6.02. The number of hydrogen-bond acceptors (Lipinski definition) is 4. The summed E-state index contributed by atoms with van der Waals surface area (Å²) in [4.78, 5) is 26.0. The smallest absolute Gasteiger partial charge is 0.314 e. The van der Waals surface area contributed by atoms with Crippen LogP contribution in [-0.4, -0.2) is 49.1 Å². The lowest BCUT2D eigenvalue weighted by atomic mass is 10.1. The average Bonchev–Trinajstić information content (AvgIpc) is 2.46. The van der Waals surface area contributed by atoms with Gasteiger partial charge in [0, 0.05) is 31.4 Å². The topological polar surface area (TPSA) is 73.5 Å². The Kier molecular flexibility index (Phi) is 7.48. The van der Waals surface area contributed by atoms with Crippen molar-refractivity contribution in [3.05, 3.63) is 29.3 Å². The van der Waals surface area contributed by atoms with Gasteiger partial charge in [0.15, 0.2) is 0 Å². The second kappa shape index (κ2) is 8.86. The van der Waals surface area contributed by atoms with E-state index >= 15 is 0 Å². The maximum absolute atomic E-state index is 12.0. The number of nitrogens with one attached hydrogen (secondary N) is 3. The van der Waals surface area contributed by atoms with E-state index < -0.39 is 6.03 Å². The first-order valence-electron chi connectivity index (χ1n) is 7.59. The fourth-order valence-corrected chi connectivity index (χ4v) is 2.51. The van der Waals surface area contributed by atoms with Crippen LogP contribution in [0.1, 0.15) is 18.1 Å². The molecule has 1 saturated heterocycles. The average molecular weight is 341 g/mol. The van der Waals surface area contributed by atoms with Gasteiger partial charge in [-0.1, -0.05) is 12.1 Å². The third-order valence-electron chi connectivity index (χ3n) is 4.09. The summed E-state index contributed by atoms with van der Waals surface area (Å²) in [5, 5.41) is 8.39. The van der Waals surface area contributed by atoms with Crippen LogP contribution in [0.15, 0.2) is 18.2 Å². The molecule has 3 amide bonds. The van der Waals surface area contributed by atoms with Gasteiger partial charge in [-0.25, -0.2) is 4.79 Å². The number of aryl methyl sites for hydroxylation is 1. The number of carbonyl (C=O) groups is 2. The number of anilines is 1. The van der Waals surface area contributed by atoms with Gasteiger partial charge in [-0.2, -0.15) is 0 Å². The zero-order valence-corrected chi connectivity index (χ0v) is 14.6. The van der Waals surface area contributed by atoms with E-state index in [1.165, 1.54) is 0 Å². The number of hydrogen-bond donors (Lipinski definition) is 3. The van der Waals surface area contributed by atoms with Crippen molar-refractivity contribution in [3.63, 3.8) is 0 Å². The van der Waals surface area contributed by atoms with Crippen LogP contribution < -0.4 is 16.0 Å². The second-order valence-electron chi connectivity index (χ2n) is 5.77. The maximum Gasteiger partial charge on any atom is 0.325 e. The third kappa shape index (κ3) is 5.49. The van der Waals surface area contributed by atoms with Crippen LogP contribution in [0.25, 0.3) is 0 Å². The number of urea groups is 1. The minimum Gasteiger partial charge on any atom is -0.314 e. The van der Waals surface area contributed by atoms with Gasteiger partial charge in [-0.3, -0.25) is 15.0 Å². The van der Waals surface area contributed by atoms with E-state index in [0.717, 1.165) is 36.4 Å². The molecule has 0 aliphatic carbocycles. The Bertz CT molecular complexity index is 565. The highest BCUT2D eigenvalue weighted by Crippen LogP contribution is 2.17. The highest BCUT2D eigenvalue weighted by Gasteiger charge is 2.21. The molecular formula is C16H25ClN4O2. The SMILES string of the molecule is Cc1cccc(NC(=O)NC(=O)CN2CCNC[C@@H]2C)c1C.Cl. The first-order valence-corrected chi connectivity index (χ1v) is 7.59. The molecular weight excluding hydrogens is 316 g/mol. The molecule has 1 aromatic carbocycles. The fraction of sp³-hybridized carbons (Fsp3) is 0.500. The van der Waals surface area contributed by atoms with Crippen LogP contribution in [0.4, 0.5) is 10.5 Å². The Hall–Kier alpha value is -1.63. The maximum atomic E-state index is 12.0. The lowest BCUT2D eigenvalue weighted by Crippen LogP contribution is -2.53. The molecule has 0 spiro atoms. The van der Waals surface area contributed by atoms with Crippen molar-refractivity contribution in [1.29, 1.82) is 0 Å². The molecule has 1 heterocycles. The van der Waals surface area contributed by atoms with Crippen molar-refractivity contribution in [2.45, 2.75) is 26.8 Å². The lowest BCUT2D eigenvalue weighted by molar-refractivity contribution is -0.121. The number of rotatable bonds is 3. The summed E-state index contributed by atoms with van der Waals surface area (Å²) < 4.78 is 0. The largest absolute Gasteiger partial charge is 0.325 e. The molecule has 0 aromatic heterocycles. The van der Waals surface area contributed by atoms with Gasteiger partial charge < -0.3 is 10.6 Å². The van der Waals surface area contributed by atoms with Crippen molar-refractivity contribution in [2.75, 3.05) is 31.5 Å². The van der Waals surface area contributed by atoms with Crippen LogP contribution >= 0.6 is 12.4 Å². The molecule has 1 aliphatic rings. The number of halogens is 1. The van der Waals surface area contributed by atoms with Crippen LogP contribution in [0.5, 0.6) is 0 Å². The molecule has 1 aromatic rings. The monoisotopic (exact) mass is 340 g/mol. The molecule has 7 heteroatoms. The van der Waals surface area contributed by atoms with Crippen LogP contribution in [0, 0.1) is 13.8 Å². The number of nitrogens with zero attached hydrogens (tertiary/aromatic N) is 1. The Labute approximate surface area is 143 Å². The van der Waals surface area contributed by atoms with Crippen LogP contribution in [0.3, 0.4) is 0 Å². The summed E-state index contributed by atoms with van der Waals surface area (Å²) in [6.45, 7) is 8.77. The molecule has 6 nitrogen and oxygen atoms in total. The molecule has 128 valence electrons. The van der Waals surface area contributed by atoms with Gasteiger partial charge in [0.25, 0.3) is 0 Å². The summed E-state index contributed by atoms with van der Waals surface area (Å²) in [6, 6.07) is 5.49. The van der Waals surface area contributed by atoms with Crippen molar-refractivity contribution >= 4 is 30.0 Å². The summed E-state index contributed by atoms with van der Waals surface area (Å²) in [7, 11) is 0. The first kappa shape index (κ1) is 19.4. The molecule has 1 fully saturated rings. The molecule has 1 aliphatic heterocycles. The minimum absolute atomic E-state index is 0. The van der Waals surface area contributed by atoms with Gasteiger partial charge in [-0.05, 0) is 38.0 Å². The second-order valence-corrected chi connectivity index (χ2v) is 5.77. The zero-order chi connectivity index (χ0) is 16.1. The fourth-order valence-electron chi connectivity index (χ4n) is 2.51. The predicted molar refractivity (Wildman–Crippen MR) is 94.2 cm³/mol. The van der Waals surface area contributed by atoms with E-state index in [0.29, 0.717) is 6.04 Å². The van der Waals surface area contributed by atoms with Gasteiger partial charge in [-0.15, -0.1) is 12.4 Å². The van der Waals surface area contributed by atoms with Crippen LogP contribution in [-0.2, 0) is 4.79 Å². The summed E-state index contributed by atoms with van der Waals surface area (Å²) in [6.07, 6.45) is 0. The van der Waals surface area contributed by atoms with Crippen molar-refractivity contribution in [3.8, 4) is 0 Å². The summed E-state index contributed by atoms with van der Waals surface area (Å²) in [5.41, 5.74) is 2.82. The standard InChI is InChI=1S/C16H24N4O2.ClH/c1-11-5-4-6-14(13(11)3)18-16(22)19-15(21)10-20-8-7-17-9-12(20)2;/h4-6,12,17H,7-10H2,1-3H3,(H2,18,19,21,22);1H/t12-;/m0./s1. The van der Waals surface area contributed by atoms with Crippen molar-refractivity contribution < 1.29 is 9.59 Å². The number of benzene rings is 1. The number of imide groups is 1. The predicted octanol–water partition coefficient (Wildman–Crippen LogP) is 1.67. The molecule has 0 saturated carbocycles. The van der Waals surface area contributed by atoms with Crippen molar-refractivity contribution in [1.82, 2.24) is 15.5 Å². The summed E-state index contributed by atoms with van der Waals surface area (Å²) in [5.74, 6) is -0.281. The normalized spacial score (nSPS) is 18.0. The molecule has 0 unspecified atom stereocenters. The Morgan fingerprint density at radius 1 is 1.35 bits per heavy atom. The van der Waals surface area contributed by atoms with E-state index in [1.54, 1.807) is 0 Å². The first-order chi connectivity index (χ1) is 10.5. The lowest BCUT2D eigenvalue weighted by Gasteiger charge is -2.33. The molecule has 2 rings (SSSR count).